The number of carbonyl (C=O) groups excluding carboxylic acids is 1. The highest BCUT2D eigenvalue weighted by Gasteiger charge is 2.27. The lowest BCUT2D eigenvalue weighted by Crippen LogP contribution is -2.40. The summed E-state index contributed by atoms with van der Waals surface area (Å²) in [5.41, 5.74) is 1.31. The number of sulfonamides is 1. The highest BCUT2D eigenvalue weighted by atomic mass is 32.2. The molecule has 1 amide bonds. The zero-order valence-corrected chi connectivity index (χ0v) is 17.4. The molecule has 7 nitrogen and oxygen atoms in total. The van der Waals surface area contributed by atoms with Crippen LogP contribution in [0.5, 0.6) is 5.75 Å². The summed E-state index contributed by atoms with van der Waals surface area (Å²) in [7, 11) is -3.65. The summed E-state index contributed by atoms with van der Waals surface area (Å²) in [4.78, 5) is 12.7. The van der Waals surface area contributed by atoms with Gasteiger partial charge in [-0.25, -0.2) is 8.42 Å². The van der Waals surface area contributed by atoms with Crippen molar-refractivity contribution in [3.05, 3.63) is 59.7 Å². The molecule has 0 aromatic heterocycles. The molecule has 1 atom stereocenters. The van der Waals surface area contributed by atoms with Crippen molar-refractivity contribution in [3.63, 3.8) is 0 Å². The molecular weight excluding hydrogens is 392 g/mol. The fourth-order valence-electron chi connectivity index (χ4n) is 3.02. The van der Waals surface area contributed by atoms with E-state index < -0.39 is 10.0 Å². The quantitative estimate of drug-likeness (QED) is 0.745. The van der Waals surface area contributed by atoms with Gasteiger partial charge in [-0.1, -0.05) is 24.3 Å². The maximum Gasteiger partial charge on any atom is 0.251 e. The van der Waals surface area contributed by atoms with Gasteiger partial charge in [-0.05, 0) is 43.7 Å². The molecule has 2 aromatic carbocycles. The Hall–Kier alpha value is -2.42. The monoisotopic (exact) mass is 418 g/mol. The van der Waals surface area contributed by atoms with Crippen LogP contribution in [0.2, 0.25) is 0 Å². The highest BCUT2D eigenvalue weighted by molar-refractivity contribution is 7.89. The number of hydrogen-bond acceptors (Lipinski definition) is 5. The number of carbonyl (C=O) groups is 1. The van der Waals surface area contributed by atoms with E-state index in [-0.39, 0.29) is 16.8 Å². The van der Waals surface area contributed by atoms with E-state index in [4.69, 9.17) is 9.47 Å². The first-order chi connectivity index (χ1) is 13.9. The van der Waals surface area contributed by atoms with Crippen LogP contribution in [0.3, 0.4) is 0 Å². The Bertz CT molecular complexity index is 955. The summed E-state index contributed by atoms with van der Waals surface area (Å²) >= 11 is 0. The Morgan fingerprint density at radius 2 is 1.90 bits per heavy atom. The second-order valence-electron chi connectivity index (χ2n) is 7.00. The largest absolute Gasteiger partial charge is 0.491 e. The number of nitrogens with one attached hydrogen (secondary N) is 1. The zero-order chi connectivity index (χ0) is 20.9. The van der Waals surface area contributed by atoms with Crippen molar-refractivity contribution in [1.82, 2.24) is 9.62 Å². The lowest BCUT2D eigenvalue weighted by atomic mass is 10.2. The molecule has 1 aliphatic rings. The summed E-state index contributed by atoms with van der Waals surface area (Å²) in [6.07, 6.45) is 0. The van der Waals surface area contributed by atoms with E-state index in [1.165, 1.54) is 16.4 Å². The molecule has 1 heterocycles. The number of benzene rings is 2. The molecule has 3 rings (SSSR count). The number of para-hydroxylation sites is 1. The van der Waals surface area contributed by atoms with Crippen LogP contribution in [-0.2, 0) is 14.8 Å². The van der Waals surface area contributed by atoms with Crippen molar-refractivity contribution in [2.24, 2.45) is 0 Å². The zero-order valence-electron chi connectivity index (χ0n) is 16.6. The number of hydrogen-bond donors (Lipinski definition) is 1. The van der Waals surface area contributed by atoms with Gasteiger partial charge in [0.2, 0.25) is 10.0 Å². The van der Waals surface area contributed by atoms with Gasteiger partial charge in [-0.2, -0.15) is 4.31 Å². The first kappa shape index (κ1) is 21.3. The van der Waals surface area contributed by atoms with Gasteiger partial charge in [-0.15, -0.1) is 0 Å². The first-order valence-electron chi connectivity index (χ1n) is 9.55. The second kappa shape index (κ2) is 9.39. The van der Waals surface area contributed by atoms with Crippen molar-refractivity contribution >= 4 is 15.9 Å². The van der Waals surface area contributed by atoms with Crippen LogP contribution in [0, 0.1) is 6.92 Å². The van der Waals surface area contributed by atoms with E-state index in [1.807, 2.05) is 38.1 Å². The van der Waals surface area contributed by atoms with E-state index in [2.05, 4.69) is 5.32 Å². The topological polar surface area (TPSA) is 84.9 Å². The Morgan fingerprint density at radius 3 is 2.62 bits per heavy atom. The van der Waals surface area contributed by atoms with Crippen molar-refractivity contribution in [3.8, 4) is 5.75 Å². The Kier molecular flexibility index (Phi) is 6.89. The highest BCUT2D eigenvalue weighted by Crippen LogP contribution is 2.19. The number of aryl methyl sites for hydroxylation is 1. The van der Waals surface area contributed by atoms with Gasteiger partial charge in [0.15, 0.2) is 0 Å². The molecule has 0 radical (unpaired) electrons. The number of morpholine rings is 1. The number of amides is 1. The molecule has 1 saturated heterocycles. The summed E-state index contributed by atoms with van der Waals surface area (Å²) in [6, 6.07) is 13.5. The van der Waals surface area contributed by atoms with Crippen molar-refractivity contribution in [2.75, 3.05) is 32.9 Å². The second-order valence-corrected chi connectivity index (χ2v) is 8.93. The Labute approximate surface area is 171 Å². The third-order valence-electron chi connectivity index (χ3n) is 4.66. The Balaban J connectivity index is 1.63. The molecule has 8 heteroatoms. The van der Waals surface area contributed by atoms with E-state index in [9.17, 15) is 13.2 Å². The van der Waals surface area contributed by atoms with Gasteiger partial charge >= 0.3 is 0 Å². The lowest BCUT2D eigenvalue weighted by molar-refractivity contribution is 0.0730. The smallest absolute Gasteiger partial charge is 0.251 e. The molecule has 0 spiro atoms. The van der Waals surface area contributed by atoms with Gasteiger partial charge in [-0.3, -0.25) is 4.79 Å². The Morgan fingerprint density at radius 1 is 1.17 bits per heavy atom. The third-order valence-corrected chi connectivity index (χ3v) is 6.56. The molecule has 2 aromatic rings. The fourth-order valence-corrected chi connectivity index (χ4v) is 4.47. The SMILES string of the molecule is Cc1ccccc1OC[C@@H](C)NC(=O)c1cccc(S(=O)(=O)N2CCOCC2)c1. The summed E-state index contributed by atoms with van der Waals surface area (Å²) in [5.74, 6) is 0.428. The molecule has 1 aliphatic heterocycles. The summed E-state index contributed by atoms with van der Waals surface area (Å²) < 4.78 is 37.9. The van der Waals surface area contributed by atoms with E-state index in [0.717, 1.165) is 11.3 Å². The molecular formula is C21H26N2O5S. The van der Waals surface area contributed by atoms with Gasteiger partial charge < -0.3 is 14.8 Å². The van der Waals surface area contributed by atoms with Gasteiger partial charge in [0, 0.05) is 18.7 Å². The number of rotatable bonds is 7. The molecule has 0 bridgehead atoms. The fraction of sp³-hybridized carbons (Fsp3) is 0.381. The maximum absolute atomic E-state index is 12.8. The van der Waals surface area contributed by atoms with Gasteiger partial charge in [0.25, 0.3) is 5.91 Å². The van der Waals surface area contributed by atoms with Crippen molar-refractivity contribution < 1.29 is 22.7 Å². The van der Waals surface area contributed by atoms with E-state index in [0.29, 0.717) is 38.5 Å². The van der Waals surface area contributed by atoms with Gasteiger partial charge in [0.1, 0.15) is 12.4 Å². The normalized spacial score (nSPS) is 16.2. The van der Waals surface area contributed by atoms with Crippen LogP contribution >= 0.6 is 0 Å². The number of nitrogens with zero attached hydrogens (tertiary/aromatic N) is 1. The minimum Gasteiger partial charge on any atom is -0.491 e. The van der Waals surface area contributed by atoms with Crippen LogP contribution in [0.25, 0.3) is 0 Å². The van der Waals surface area contributed by atoms with Crippen LogP contribution in [0.15, 0.2) is 53.4 Å². The molecule has 1 fully saturated rings. The first-order valence-corrected chi connectivity index (χ1v) is 11.0. The van der Waals surface area contributed by atoms with Crippen LogP contribution in [0.4, 0.5) is 0 Å². The van der Waals surface area contributed by atoms with Crippen LogP contribution < -0.4 is 10.1 Å². The molecule has 0 unspecified atom stereocenters. The molecule has 0 aliphatic carbocycles. The third kappa shape index (κ3) is 5.35. The van der Waals surface area contributed by atoms with Crippen LogP contribution in [0.1, 0.15) is 22.8 Å². The predicted octanol–water partition coefficient (Wildman–Crippen LogP) is 2.21. The predicted molar refractivity (Wildman–Crippen MR) is 110 cm³/mol. The minimum atomic E-state index is -3.65. The molecule has 0 saturated carbocycles. The number of ether oxygens (including phenoxy) is 2. The summed E-state index contributed by atoms with van der Waals surface area (Å²) in [5, 5.41) is 2.85. The molecule has 29 heavy (non-hydrogen) atoms. The molecule has 156 valence electrons. The van der Waals surface area contributed by atoms with Crippen LogP contribution in [-0.4, -0.2) is 57.6 Å². The average Bonchev–Trinajstić information content (AvgIpc) is 2.74. The summed E-state index contributed by atoms with van der Waals surface area (Å²) in [6.45, 7) is 5.47. The lowest BCUT2D eigenvalue weighted by Gasteiger charge is -2.26. The average molecular weight is 419 g/mol. The minimum absolute atomic E-state index is 0.107. The van der Waals surface area contributed by atoms with E-state index in [1.54, 1.807) is 12.1 Å². The maximum atomic E-state index is 12.8. The van der Waals surface area contributed by atoms with Gasteiger partial charge in [0.05, 0.1) is 24.2 Å². The van der Waals surface area contributed by atoms with Crippen molar-refractivity contribution in [1.29, 1.82) is 0 Å². The standard InChI is InChI=1S/C21H26N2O5S/c1-16-6-3-4-9-20(16)28-15-17(2)22-21(24)18-7-5-8-19(14-18)29(25,26)23-10-12-27-13-11-23/h3-9,14,17H,10-13,15H2,1-2H3,(H,22,24)/t17-/m1/s1. The van der Waals surface area contributed by atoms with Crippen molar-refractivity contribution in [2.45, 2.75) is 24.8 Å². The molecule has 1 N–H and O–H groups in total. The van der Waals surface area contributed by atoms with E-state index >= 15 is 0 Å².